The number of carbonyl (C=O) groups excluding carboxylic acids is 2. The third-order valence-corrected chi connectivity index (χ3v) is 5.86. The van der Waals surface area contributed by atoms with Crippen LogP contribution in [0.25, 0.3) is 0 Å². The Labute approximate surface area is 175 Å². The van der Waals surface area contributed by atoms with Gasteiger partial charge in [-0.1, -0.05) is 36.4 Å². The minimum Gasteiger partial charge on any atom is -0.280 e. The summed E-state index contributed by atoms with van der Waals surface area (Å²) in [6.07, 6.45) is 0. The Morgan fingerprint density at radius 2 is 1.37 bits per heavy atom. The average Bonchev–Trinajstić information content (AvgIpc) is 2.74. The molecule has 3 N–H and O–H groups in total. The highest BCUT2D eigenvalue weighted by atomic mass is 32.2. The third-order valence-electron chi connectivity index (χ3n) is 4.34. The van der Waals surface area contributed by atoms with E-state index in [2.05, 4.69) is 15.6 Å². The van der Waals surface area contributed by atoms with Crippen molar-refractivity contribution >= 4 is 27.5 Å². The number of amides is 2. The van der Waals surface area contributed by atoms with Gasteiger partial charge in [0.25, 0.3) is 21.8 Å². The highest BCUT2D eigenvalue weighted by Gasteiger charge is 2.18. The Kier molecular flexibility index (Phi) is 6.17. The number of hydrazine groups is 1. The summed E-state index contributed by atoms with van der Waals surface area (Å²) in [5, 5.41) is 0. The summed E-state index contributed by atoms with van der Waals surface area (Å²) in [6.45, 7) is 3.53. The van der Waals surface area contributed by atoms with Gasteiger partial charge in [0.05, 0.1) is 4.90 Å². The van der Waals surface area contributed by atoms with Crippen molar-refractivity contribution in [1.82, 2.24) is 10.9 Å². The number of nitrogens with one attached hydrogen (secondary N) is 3. The Morgan fingerprint density at radius 3 is 2.07 bits per heavy atom. The van der Waals surface area contributed by atoms with Crippen LogP contribution in [-0.2, 0) is 10.0 Å². The molecule has 8 heteroatoms. The fourth-order valence-corrected chi connectivity index (χ4v) is 4.16. The van der Waals surface area contributed by atoms with Crippen LogP contribution in [0.1, 0.15) is 31.8 Å². The monoisotopic (exact) mass is 423 g/mol. The molecule has 0 spiro atoms. The van der Waals surface area contributed by atoms with Crippen LogP contribution < -0.4 is 15.6 Å². The van der Waals surface area contributed by atoms with Crippen molar-refractivity contribution < 1.29 is 18.0 Å². The molecule has 0 aliphatic carbocycles. The lowest BCUT2D eigenvalue weighted by molar-refractivity contribution is 0.0846. The van der Waals surface area contributed by atoms with E-state index >= 15 is 0 Å². The van der Waals surface area contributed by atoms with Crippen LogP contribution in [0.3, 0.4) is 0 Å². The highest BCUT2D eigenvalue weighted by Crippen LogP contribution is 2.21. The first-order valence-electron chi connectivity index (χ1n) is 9.12. The van der Waals surface area contributed by atoms with Crippen molar-refractivity contribution in [2.24, 2.45) is 0 Å². The van der Waals surface area contributed by atoms with Gasteiger partial charge in [0.1, 0.15) is 0 Å². The predicted molar refractivity (Wildman–Crippen MR) is 115 cm³/mol. The molecule has 0 aromatic heterocycles. The van der Waals surface area contributed by atoms with Crippen LogP contribution in [0.4, 0.5) is 5.69 Å². The van der Waals surface area contributed by atoms with Crippen molar-refractivity contribution in [3.63, 3.8) is 0 Å². The van der Waals surface area contributed by atoms with Crippen LogP contribution in [0.2, 0.25) is 0 Å². The van der Waals surface area contributed by atoms with Crippen molar-refractivity contribution in [3.8, 4) is 0 Å². The second-order valence-corrected chi connectivity index (χ2v) is 8.38. The lowest BCUT2D eigenvalue weighted by Gasteiger charge is -2.12. The zero-order valence-electron chi connectivity index (χ0n) is 16.5. The minimum atomic E-state index is -3.82. The summed E-state index contributed by atoms with van der Waals surface area (Å²) in [5.41, 5.74) is 6.90. The summed E-state index contributed by atoms with van der Waals surface area (Å²) < 4.78 is 28.0. The molecule has 0 bridgehead atoms. The SMILES string of the molecule is Cc1ccc(C)c(S(=O)(=O)Nc2cccc(C(=O)NNC(=O)c3ccccc3)c2)c1. The molecule has 3 aromatic rings. The lowest BCUT2D eigenvalue weighted by Crippen LogP contribution is -2.41. The molecule has 0 fully saturated rings. The zero-order valence-corrected chi connectivity index (χ0v) is 17.3. The zero-order chi connectivity index (χ0) is 21.7. The number of rotatable bonds is 5. The van der Waals surface area contributed by atoms with Crippen molar-refractivity contribution in [2.75, 3.05) is 4.72 Å². The standard InChI is InChI=1S/C22H21N3O4S/c1-15-11-12-16(2)20(13-15)30(28,29)25-19-10-6-9-18(14-19)22(27)24-23-21(26)17-7-4-3-5-8-17/h3-14,25H,1-2H3,(H,23,26)(H,24,27). The molecule has 0 aliphatic heterocycles. The van der Waals surface area contributed by atoms with E-state index in [1.165, 1.54) is 12.1 Å². The van der Waals surface area contributed by atoms with E-state index in [1.54, 1.807) is 61.5 Å². The van der Waals surface area contributed by atoms with Gasteiger partial charge in [-0.3, -0.25) is 25.2 Å². The van der Waals surface area contributed by atoms with Gasteiger partial charge in [-0.05, 0) is 61.4 Å². The molecule has 0 heterocycles. The molecule has 0 saturated heterocycles. The van der Waals surface area contributed by atoms with E-state index in [0.29, 0.717) is 11.1 Å². The van der Waals surface area contributed by atoms with E-state index in [0.717, 1.165) is 5.56 Å². The molecule has 7 nitrogen and oxygen atoms in total. The normalized spacial score (nSPS) is 10.9. The number of carbonyl (C=O) groups is 2. The number of benzene rings is 3. The maximum absolute atomic E-state index is 12.8. The van der Waals surface area contributed by atoms with Gasteiger partial charge in [0.15, 0.2) is 0 Å². The number of anilines is 1. The summed E-state index contributed by atoms with van der Waals surface area (Å²) in [7, 11) is -3.82. The number of hydrogen-bond acceptors (Lipinski definition) is 4. The fraction of sp³-hybridized carbons (Fsp3) is 0.0909. The van der Waals surface area contributed by atoms with E-state index in [4.69, 9.17) is 0 Å². The fourth-order valence-electron chi connectivity index (χ4n) is 2.78. The minimum absolute atomic E-state index is 0.174. The van der Waals surface area contributed by atoms with E-state index < -0.39 is 21.8 Å². The topological polar surface area (TPSA) is 104 Å². The van der Waals surface area contributed by atoms with Crippen LogP contribution >= 0.6 is 0 Å². The largest absolute Gasteiger partial charge is 0.280 e. The Morgan fingerprint density at radius 1 is 0.733 bits per heavy atom. The van der Waals surface area contributed by atoms with Gasteiger partial charge in [-0.25, -0.2) is 8.42 Å². The van der Waals surface area contributed by atoms with E-state index in [9.17, 15) is 18.0 Å². The average molecular weight is 423 g/mol. The maximum Gasteiger partial charge on any atom is 0.269 e. The Hall–Kier alpha value is -3.65. The quantitative estimate of drug-likeness (QED) is 0.548. The van der Waals surface area contributed by atoms with Crippen LogP contribution in [0.15, 0.2) is 77.7 Å². The van der Waals surface area contributed by atoms with E-state index in [1.807, 2.05) is 13.0 Å². The smallest absolute Gasteiger partial charge is 0.269 e. The first-order chi connectivity index (χ1) is 14.3. The number of sulfonamides is 1. The molecule has 3 rings (SSSR count). The van der Waals surface area contributed by atoms with Crippen molar-refractivity contribution in [3.05, 3.63) is 95.1 Å². The molecular weight excluding hydrogens is 402 g/mol. The second-order valence-electron chi connectivity index (χ2n) is 6.73. The molecule has 0 saturated carbocycles. The van der Waals surface area contributed by atoms with Gasteiger partial charge in [0, 0.05) is 16.8 Å². The summed E-state index contributed by atoms with van der Waals surface area (Å²) in [5.74, 6) is -1.04. The van der Waals surface area contributed by atoms with Gasteiger partial charge in [-0.2, -0.15) is 0 Å². The Bertz CT molecular complexity index is 1190. The molecule has 0 atom stereocenters. The first kappa shape index (κ1) is 21.1. The maximum atomic E-state index is 12.8. The van der Waals surface area contributed by atoms with Gasteiger partial charge < -0.3 is 0 Å². The Balaban J connectivity index is 1.72. The molecular formula is C22H21N3O4S. The van der Waals surface area contributed by atoms with Crippen molar-refractivity contribution in [2.45, 2.75) is 18.7 Å². The molecule has 30 heavy (non-hydrogen) atoms. The lowest BCUT2D eigenvalue weighted by atomic mass is 10.2. The first-order valence-corrected chi connectivity index (χ1v) is 10.6. The summed E-state index contributed by atoms with van der Waals surface area (Å²) in [4.78, 5) is 24.6. The molecule has 0 radical (unpaired) electrons. The summed E-state index contributed by atoms with van der Waals surface area (Å²) in [6, 6.07) is 19.6. The number of hydrogen-bond donors (Lipinski definition) is 3. The third kappa shape index (κ3) is 5.03. The van der Waals surface area contributed by atoms with Gasteiger partial charge in [-0.15, -0.1) is 0 Å². The van der Waals surface area contributed by atoms with Gasteiger partial charge in [0.2, 0.25) is 0 Å². The van der Waals surface area contributed by atoms with Crippen LogP contribution in [0, 0.1) is 13.8 Å². The predicted octanol–water partition coefficient (Wildman–Crippen LogP) is 3.18. The van der Waals surface area contributed by atoms with Crippen molar-refractivity contribution in [1.29, 1.82) is 0 Å². The molecule has 0 unspecified atom stereocenters. The summed E-state index contributed by atoms with van der Waals surface area (Å²) >= 11 is 0. The molecule has 0 aliphatic rings. The second kappa shape index (κ2) is 8.79. The molecule has 154 valence electrons. The van der Waals surface area contributed by atoms with Crippen LogP contribution in [-0.4, -0.2) is 20.2 Å². The number of aryl methyl sites for hydroxylation is 2. The molecule has 2 amide bonds. The van der Waals surface area contributed by atoms with E-state index in [-0.39, 0.29) is 16.1 Å². The highest BCUT2D eigenvalue weighted by molar-refractivity contribution is 7.92. The molecule has 3 aromatic carbocycles. The van der Waals surface area contributed by atoms with Gasteiger partial charge >= 0.3 is 0 Å². The van der Waals surface area contributed by atoms with Crippen LogP contribution in [0.5, 0.6) is 0 Å².